The lowest BCUT2D eigenvalue weighted by Crippen LogP contribution is -2.36. The van der Waals surface area contributed by atoms with E-state index in [4.69, 9.17) is 0 Å². The van der Waals surface area contributed by atoms with E-state index in [1.54, 1.807) is 6.92 Å². The van der Waals surface area contributed by atoms with Crippen molar-refractivity contribution in [2.75, 3.05) is 5.75 Å². The zero-order chi connectivity index (χ0) is 17.5. The highest BCUT2D eigenvalue weighted by atomic mass is 32.2. The average molecular weight is 343 g/mol. The number of thioether (sulfide) groups is 1. The van der Waals surface area contributed by atoms with Gasteiger partial charge in [-0.1, -0.05) is 48.5 Å². The Labute approximate surface area is 146 Å². The zero-order valence-electron chi connectivity index (χ0n) is 13.7. The number of amides is 1. The van der Waals surface area contributed by atoms with Gasteiger partial charge in [0.2, 0.25) is 5.91 Å². The van der Waals surface area contributed by atoms with Crippen LogP contribution in [0.25, 0.3) is 0 Å². The number of hydrogen-bond donors (Lipinski definition) is 2. The van der Waals surface area contributed by atoms with E-state index in [-0.39, 0.29) is 11.7 Å². The molecule has 0 aliphatic heterocycles. The van der Waals surface area contributed by atoms with Gasteiger partial charge in [0.05, 0.1) is 17.7 Å². The molecule has 2 unspecified atom stereocenters. The number of carboxylic acid groups (broad SMARTS) is 1. The molecule has 0 heterocycles. The molecule has 24 heavy (non-hydrogen) atoms. The third-order valence-electron chi connectivity index (χ3n) is 3.82. The largest absolute Gasteiger partial charge is 0.481 e. The Morgan fingerprint density at radius 1 is 1.08 bits per heavy atom. The third kappa shape index (κ3) is 4.86. The first-order valence-corrected chi connectivity index (χ1v) is 8.73. The Morgan fingerprint density at radius 2 is 1.71 bits per heavy atom. The van der Waals surface area contributed by atoms with Crippen LogP contribution in [-0.4, -0.2) is 22.7 Å². The predicted octanol–water partition coefficient (Wildman–Crippen LogP) is 3.67. The Bertz CT molecular complexity index is 703. The summed E-state index contributed by atoms with van der Waals surface area (Å²) in [7, 11) is 0. The fourth-order valence-corrected chi connectivity index (χ4v) is 3.22. The molecule has 5 heteroatoms. The normalized spacial score (nSPS) is 13.1. The van der Waals surface area contributed by atoms with E-state index in [0.29, 0.717) is 0 Å². The minimum atomic E-state index is -0.935. The SMILES string of the molecule is Cc1ccccc1SCC(=O)NC(c1ccccc1)C(C)C(=O)O. The first kappa shape index (κ1) is 18.1. The van der Waals surface area contributed by atoms with Gasteiger partial charge in [0.1, 0.15) is 0 Å². The van der Waals surface area contributed by atoms with Gasteiger partial charge in [-0.3, -0.25) is 9.59 Å². The molecule has 4 nitrogen and oxygen atoms in total. The van der Waals surface area contributed by atoms with Crippen molar-refractivity contribution in [3.8, 4) is 0 Å². The Hall–Kier alpha value is -2.27. The summed E-state index contributed by atoms with van der Waals surface area (Å²) in [6.07, 6.45) is 0. The highest BCUT2D eigenvalue weighted by Gasteiger charge is 2.26. The van der Waals surface area contributed by atoms with Crippen LogP contribution in [0.1, 0.15) is 24.1 Å². The molecule has 2 aromatic rings. The molecule has 0 saturated heterocycles. The highest BCUT2D eigenvalue weighted by Crippen LogP contribution is 2.24. The van der Waals surface area contributed by atoms with Crippen molar-refractivity contribution >= 4 is 23.6 Å². The molecule has 0 aromatic heterocycles. The summed E-state index contributed by atoms with van der Waals surface area (Å²) in [5.74, 6) is -1.57. The number of benzene rings is 2. The second-order valence-corrected chi connectivity index (χ2v) is 6.65. The van der Waals surface area contributed by atoms with Gasteiger partial charge in [-0.25, -0.2) is 0 Å². The monoisotopic (exact) mass is 343 g/mol. The molecule has 0 saturated carbocycles. The van der Waals surface area contributed by atoms with Gasteiger partial charge >= 0.3 is 5.97 Å². The first-order valence-electron chi connectivity index (χ1n) is 7.74. The van der Waals surface area contributed by atoms with Gasteiger partial charge in [-0.15, -0.1) is 11.8 Å². The molecule has 2 aromatic carbocycles. The standard InChI is InChI=1S/C19H21NO3S/c1-13-8-6-7-11-16(13)24-12-17(21)20-18(14(2)19(22)23)15-9-4-3-5-10-15/h3-11,14,18H,12H2,1-2H3,(H,20,21)(H,22,23). The fourth-order valence-electron chi connectivity index (χ4n) is 2.38. The van der Waals surface area contributed by atoms with E-state index in [2.05, 4.69) is 5.32 Å². The van der Waals surface area contributed by atoms with Crippen LogP contribution in [0.15, 0.2) is 59.5 Å². The molecule has 2 N–H and O–H groups in total. The van der Waals surface area contributed by atoms with E-state index in [0.717, 1.165) is 16.0 Å². The van der Waals surface area contributed by atoms with E-state index in [1.807, 2.05) is 61.5 Å². The maximum atomic E-state index is 12.3. The van der Waals surface area contributed by atoms with Crippen molar-refractivity contribution in [3.05, 3.63) is 65.7 Å². The minimum Gasteiger partial charge on any atom is -0.481 e. The maximum Gasteiger partial charge on any atom is 0.308 e. The van der Waals surface area contributed by atoms with Crippen molar-refractivity contribution in [2.24, 2.45) is 5.92 Å². The smallest absolute Gasteiger partial charge is 0.308 e. The number of aliphatic carboxylic acids is 1. The number of carboxylic acids is 1. The molecule has 0 bridgehead atoms. The van der Waals surface area contributed by atoms with Crippen molar-refractivity contribution in [2.45, 2.75) is 24.8 Å². The van der Waals surface area contributed by atoms with E-state index >= 15 is 0 Å². The van der Waals surface area contributed by atoms with Crippen LogP contribution in [0.3, 0.4) is 0 Å². The summed E-state index contributed by atoms with van der Waals surface area (Å²) < 4.78 is 0. The van der Waals surface area contributed by atoms with Crippen molar-refractivity contribution in [1.29, 1.82) is 0 Å². The second-order valence-electron chi connectivity index (χ2n) is 5.64. The maximum absolute atomic E-state index is 12.3. The molecule has 2 rings (SSSR count). The molecule has 2 atom stereocenters. The van der Waals surface area contributed by atoms with Gasteiger partial charge in [-0.05, 0) is 31.0 Å². The van der Waals surface area contributed by atoms with E-state index in [9.17, 15) is 14.7 Å². The van der Waals surface area contributed by atoms with Gasteiger partial charge in [0.15, 0.2) is 0 Å². The van der Waals surface area contributed by atoms with Crippen LogP contribution in [0.2, 0.25) is 0 Å². The van der Waals surface area contributed by atoms with Crippen molar-refractivity contribution < 1.29 is 14.7 Å². The van der Waals surface area contributed by atoms with Crippen LogP contribution in [0, 0.1) is 12.8 Å². The molecule has 0 spiro atoms. The number of carbonyl (C=O) groups is 2. The Kier molecular flexibility index (Phi) is 6.44. The van der Waals surface area contributed by atoms with Gasteiger partial charge in [-0.2, -0.15) is 0 Å². The van der Waals surface area contributed by atoms with Crippen LogP contribution in [-0.2, 0) is 9.59 Å². The summed E-state index contributed by atoms with van der Waals surface area (Å²) in [6, 6.07) is 16.5. The van der Waals surface area contributed by atoms with Gasteiger partial charge in [0.25, 0.3) is 0 Å². The topological polar surface area (TPSA) is 66.4 Å². The lowest BCUT2D eigenvalue weighted by molar-refractivity contribution is -0.142. The van der Waals surface area contributed by atoms with Crippen LogP contribution >= 0.6 is 11.8 Å². The summed E-state index contributed by atoms with van der Waals surface area (Å²) in [5, 5.41) is 12.2. The van der Waals surface area contributed by atoms with Gasteiger partial charge in [0, 0.05) is 4.90 Å². The summed E-state index contributed by atoms with van der Waals surface area (Å²) >= 11 is 1.45. The van der Waals surface area contributed by atoms with Crippen molar-refractivity contribution in [3.63, 3.8) is 0 Å². The summed E-state index contributed by atoms with van der Waals surface area (Å²) in [5.41, 5.74) is 1.91. The van der Waals surface area contributed by atoms with Crippen molar-refractivity contribution in [1.82, 2.24) is 5.32 Å². The van der Waals surface area contributed by atoms with Crippen LogP contribution in [0.4, 0.5) is 0 Å². The quantitative estimate of drug-likeness (QED) is 0.753. The Balaban J connectivity index is 2.05. The van der Waals surface area contributed by atoms with Crippen LogP contribution < -0.4 is 5.32 Å². The predicted molar refractivity (Wildman–Crippen MR) is 96.0 cm³/mol. The van der Waals surface area contributed by atoms with Crippen LogP contribution in [0.5, 0.6) is 0 Å². The number of carbonyl (C=O) groups excluding carboxylic acids is 1. The lowest BCUT2D eigenvalue weighted by atomic mass is 9.94. The lowest BCUT2D eigenvalue weighted by Gasteiger charge is -2.23. The summed E-state index contributed by atoms with van der Waals surface area (Å²) in [6.45, 7) is 3.61. The van der Waals surface area contributed by atoms with Gasteiger partial charge < -0.3 is 10.4 Å². The first-order chi connectivity index (χ1) is 11.5. The second kappa shape index (κ2) is 8.55. The Morgan fingerprint density at radius 3 is 2.33 bits per heavy atom. The van der Waals surface area contributed by atoms with E-state index in [1.165, 1.54) is 11.8 Å². The number of rotatable bonds is 7. The molecular formula is C19H21NO3S. The molecular weight excluding hydrogens is 322 g/mol. The summed E-state index contributed by atoms with van der Waals surface area (Å²) in [4.78, 5) is 24.7. The number of nitrogens with one attached hydrogen (secondary N) is 1. The molecule has 0 radical (unpaired) electrons. The highest BCUT2D eigenvalue weighted by molar-refractivity contribution is 8.00. The fraction of sp³-hybridized carbons (Fsp3) is 0.263. The zero-order valence-corrected chi connectivity index (χ0v) is 14.5. The molecule has 0 aliphatic rings. The minimum absolute atomic E-state index is 0.176. The number of hydrogen-bond acceptors (Lipinski definition) is 3. The molecule has 0 aliphatic carbocycles. The molecule has 126 valence electrons. The molecule has 0 fully saturated rings. The molecule has 1 amide bonds. The number of aryl methyl sites for hydroxylation is 1. The van der Waals surface area contributed by atoms with E-state index < -0.39 is 17.9 Å². The average Bonchev–Trinajstić information content (AvgIpc) is 2.59. The third-order valence-corrected chi connectivity index (χ3v) is 4.99.